The van der Waals surface area contributed by atoms with Crippen molar-refractivity contribution in [3.63, 3.8) is 0 Å². The van der Waals surface area contributed by atoms with Crippen molar-refractivity contribution in [3.05, 3.63) is 55.6 Å². The Kier molecular flexibility index (Phi) is 5.83. The van der Waals surface area contributed by atoms with Crippen molar-refractivity contribution in [1.29, 1.82) is 0 Å². The monoisotopic (exact) mass is 464 g/mol. The van der Waals surface area contributed by atoms with E-state index in [-0.39, 0.29) is 42.7 Å². The van der Waals surface area contributed by atoms with Crippen LogP contribution in [0.15, 0.2) is 32.8 Å². The highest BCUT2D eigenvalue weighted by atomic mass is 35.5. The van der Waals surface area contributed by atoms with E-state index in [4.69, 9.17) is 11.6 Å². The van der Waals surface area contributed by atoms with Crippen molar-refractivity contribution in [2.75, 3.05) is 12.3 Å². The van der Waals surface area contributed by atoms with Crippen LogP contribution in [0.3, 0.4) is 0 Å². The highest BCUT2D eigenvalue weighted by Gasteiger charge is 2.35. The molecule has 2 aromatic rings. The first-order chi connectivity index (χ1) is 14.0. The number of carbonyl (C=O) groups excluding carboxylic acids is 1. The van der Waals surface area contributed by atoms with E-state index in [2.05, 4.69) is 4.99 Å². The molecule has 13 heteroatoms. The molecule has 160 valence electrons. The van der Waals surface area contributed by atoms with Crippen molar-refractivity contribution in [1.82, 2.24) is 14.0 Å². The highest BCUT2D eigenvalue weighted by Crippen LogP contribution is 2.32. The molecule has 1 fully saturated rings. The summed E-state index contributed by atoms with van der Waals surface area (Å²) < 4.78 is 54.0. The lowest BCUT2D eigenvalue weighted by atomic mass is 10.2. The van der Waals surface area contributed by atoms with Crippen LogP contribution in [0.1, 0.15) is 12.6 Å². The Hall–Kier alpha value is -2.60. The fraction of sp³-hybridized carbons (Fsp3) is 0.294. The molecule has 7 nitrogen and oxygen atoms in total. The zero-order chi connectivity index (χ0) is 22.4. The molecule has 0 bridgehead atoms. The summed E-state index contributed by atoms with van der Waals surface area (Å²) in [7, 11) is 0.815. The standard InChI is InChI=1S/C17H13ClF4N4O3S/c1-3-25-14(28)7-30-15(25)23-10-5-11(9(19)4-8(10)18)26-13(27)6-12(17(20,21)22)24(2)16(26)29/h4-6H,3,7H2,1-2H3. The summed E-state index contributed by atoms with van der Waals surface area (Å²) in [5.74, 6) is -1.14. The highest BCUT2D eigenvalue weighted by molar-refractivity contribution is 8.15. The Labute approximate surface area is 175 Å². The van der Waals surface area contributed by atoms with E-state index in [1.54, 1.807) is 6.92 Å². The lowest BCUT2D eigenvalue weighted by molar-refractivity contribution is -0.144. The molecular formula is C17H13ClF4N4O3S. The molecule has 0 unspecified atom stereocenters. The predicted molar refractivity (Wildman–Crippen MR) is 104 cm³/mol. The third-order valence-corrected chi connectivity index (χ3v) is 5.52. The lowest BCUT2D eigenvalue weighted by Gasteiger charge is -2.15. The molecule has 0 saturated carbocycles. The number of carbonyl (C=O) groups is 1. The second-order valence-corrected chi connectivity index (χ2v) is 7.47. The summed E-state index contributed by atoms with van der Waals surface area (Å²) in [6.45, 7) is 2.05. The summed E-state index contributed by atoms with van der Waals surface area (Å²) in [5.41, 5.74) is -4.91. The Balaban J connectivity index is 2.21. The molecule has 1 aromatic carbocycles. The van der Waals surface area contributed by atoms with E-state index in [0.29, 0.717) is 6.54 Å². The van der Waals surface area contributed by atoms with Gasteiger partial charge in [0.1, 0.15) is 11.5 Å². The summed E-state index contributed by atoms with van der Waals surface area (Å²) in [5, 5.41) is 0.117. The third kappa shape index (κ3) is 3.88. The summed E-state index contributed by atoms with van der Waals surface area (Å²) in [6.07, 6.45) is -4.95. The van der Waals surface area contributed by atoms with Crippen LogP contribution in [0, 0.1) is 5.82 Å². The topological polar surface area (TPSA) is 76.7 Å². The van der Waals surface area contributed by atoms with E-state index >= 15 is 0 Å². The van der Waals surface area contributed by atoms with Crippen molar-refractivity contribution >= 4 is 40.1 Å². The molecule has 1 aliphatic rings. The van der Waals surface area contributed by atoms with Crippen LogP contribution >= 0.6 is 23.4 Å². The zero-order valence-corrected chi connectivity index (χ0v) is 17.0. The van der Waals surface area contributed by atoms with Crippen molar-refractivity contribution in [3.8, 4) is 5.69 Å². The van der Waals surface area contributed by atoms with Gasteiger partial charge in [0.15, 0.2) is 5.17 Å². The smallest absolute Gasteiger partial charge is 0.292 e. The van der Waals surface area contributed by atoms with Crippen molar-refractivity contribution < 1.29 is 22.4 Å². The SMILES string of the molecule is CCN1C(=O)CSC1=Nc1cc(-n2c(=O)cc(C(F)(F)F)n(C)c2=O)c(F)cc1Cl. The van der Waals surface area contributed by atoms with Gasteiger partial charge in [0.05, 0.1) is 22.2 Å². The molecule has 30 heavy (non-hydrogen) atoms. The van der Waals surface area contributed by atoms with Gasteiger partial charge in [-0.1, -0.05) is 23.4 Å². The van der Waals surface area contributed by atoms with Crippen LogP contribution in [0.5, 0.6) is 0 Å². The van der Waals surface area contributed by atoms with Crippen LogP contribution in [0.2, 0.25) is 5.02 Å². The number of hydrogen-bond acceptors (Lipinski definition) is 5. The Morgan fingerprint density at radius 1 is 1.20 bits per heavy atom. The number of halogens is 5. The molecule has 1 saturated heterocycles. The number of alkyl halides is 3. The zero-order valence-electron chi connectivity index (χ0n) is 15.5. The summed E-state index contributed by atoms with van der Waals surface area (Å²) >= 11 is 7.13. The summed E-state index contributed by atoms with van der Waals surface area (Å²) in [4.78, 5) is 42.1. The minimum absolute atomic E-state index is 0.0578. The quantitative estimate of drug-likeness (QED) is 0.654. The maximum atomic E-state index is 14.5. The number of aliphatic imine (C=N–C) groups is 1. The molecule has 0 atom stereocenters. The third-order valence-electron chi connectivity index (χ3n) is 4.26. The van der Waals surface area contributed by atoms with E-state index in [0.717, 1.165) is 30.9 Å². The number of aromatic nitrogens is 2. The van der Waals surface area contributed by atoms with Gasteiger partial charge in [0, 0.05) is 19.7 Å². The predicted octanol–water partition coefficient (Wildman–Crippen LogP) is 2.93. The molecule has 0 aliphatic carbocycles. The van der Waals surface area contributed by atoms with E-state index in [1.807, 2.05) is 0 Å². The van der Waals surface area contributed by atoms with Gasteiger partial charge >= 0.3 is 11.9 Å². The van der Waals surface area contributed by atoms with Gasteiger partial charge in [-0.3, -0.25) is 19.1 Å². The number of amidine groups is 1. The first-order valence-electron chi connectivity index (χ1n) is 8.37. The Morgan fingerprint density at radius 3 is 2.47 bits per heavy atom. The second-order valence-electron chi connectivity index (χ2n) is 6.12. The number of nitrogens with zero attached hydrogens (tertiary/aromatic N) is 4. The van der Waals surface area contributed by atoms with Crippen LogP contribution < -0.4 is 11.2 Å². The van der Waals surface area contributed by atoms with Gasteiger partial charge in [-0.2, -0.15) is 13.2 Å². The van der Waals surface area contributed by atoms with Gasteiger partial charge in [-0.05, 0) is 19.1 Å². The second kappa shape index (κ2) is 7.91. The van der Waals surface area contributed by atoms with Gasteiger partial charge in [-0.25, -0.2) is 18.7 Å². The number of hydrogen-bond donors (Lipinski definition) is 0. The molecule has 0 N–H and O–H groups in total. The fourth-order valence-electron chi connectivity index (χ4n) is 2.80. The number of benzene rings is 1. The van der Waals surface area contributed by atoms with E-state index in [9.17, 15) is 31.9 Å². The van der Waals surface area contributed by atoms with Crippen LogP contribution in [-0.2, 0) is 18.0 Å². The molecule has 2 heterocycles. The summed E-state index contributed by atoms with van der Waals surface area (Å²) in [6, 6.07) is 1.96. The van der Waals surface area contributed by atoms with E-state index in [1.165, 1.54) is 4.90 Å². The fourth-order valence-corrected chi connectivity index (χ4v) is 3.95. The van der Waals surface area contributed by atoms with Gasteiger partial charge in [0.2, 0.25) is 5.91 Å². The molecule has 1 aliphatic heterocycles. The number of rotatable bonds is 3. The molecule has 1 amide bonds. The molecule has 3 rings (SSSR count). The van der Waals surface area contributed by atoms with Crippen LogP contribution in [0.25, 0.3) is 5.69 Å². The minimum atomic E-state index is -4.95. The largest absolute Gasteiger partial charge is 0.431 e. The van der Waals surface area contributed by atoms with E-state index < -0.39 is 34.6 Å². The maximum absolute atomic E-state index is 14.5. The first kappa shape index (κ1) is 22.1. The van der Waals surface area contributed by atoms with Crippen molar-refractivity contribution in [2.24, 2.45) is 12.0 Å². The molecule has 1 aromatic heterocycles. The van der Waals surface area contributed by atoms with Crippen LogP contribution in [-0.4, -0.2) is 37.4 Å². The molecule has 0 spiro atoms. The van der Waals surface area contributed by atoms with Gasteiger partial charge in [-0.15, -0.1) is 0 Å². The molecule has 0 radical (unpaired) electrons. The lowest BCUT2D eigenvalue weighted by Crippen LogP contribution is -2.41. The molecular weight excluding hydrogens is 452 g/mol. The van der Waals surface area contributed by atoms with Gasteiger partial charge < -0.3 is 0 Å². The number of thioether (sulfide) groups is 1. The first-order valence-corrected chi connectivity index (χ1v) is 9.73. The van der Waals surface area contributed by atoms with Crippen LogP contribution in [0.4, 0.5) is 23.2 Å². The Morgan fingerprint density at radius 2 is 1.87 bits per heavy atom. The maximum Gasteiger partial charge on any atom is 0.431 e. The number of amides is 1. The Bertz CT molecular complexity index is 1190. The van der Waals surface area contributed by atoms with Crippen molar-refractivity contribution in [2.45, 2.75) is 13.1 Å². The van der Waals surface area contributed by atoms with Gasteiger partial charge in [0.25, 0.3) is 5.56 Å². The average molecular weight is 465 g/mol. The average Bonchev–Trinajstić information content (AvgIpc) is 3.00. The normalized spacial score (nSPS) is 16.0. The minimum Gasteiger partial charge on any atom is -0.292 e.